The molecule has 0 aliphatic carbocycles. The van der Waals surface area contributed by atoms with Gasteiger partial charge in [-0.25, -0.2) is 9.97 Å². The number of para-hydroxylation sites is 1. The van der Waals surface area contributed by atoms with Crippen molar-refractivity contribution < 1.29 is 4.79 Å². The zero-order chi connectivity index (χ0) is 18.1. The number of nitrogens with one attached hydrogen (secondary N) is 1. The van der Waals surface area contributed by atoms with Gasteiger partial charge in [0.25, 0.3) is 0 Å². The Morgan fingerprint density at radius 1 is 1.04 bits per heavy atom. The van der Waals surface area contributed by atoms with Gasteiger partial charge in [0.2, 0.25) is 0 Å². The quantitative estimate of drug-likeness (QED) is 0.444. The van der Waals surface area contributed by atoms with Gasteiger partial charge in [0.05, 0.1) is 15.4 Å². The number of Topliss-reactive ketones (excluding diaryl/α,β-unsaturated/α-hetero) is 1. The van der Waals surface area contributed by atoms with E-state index in [-0.39, 0.29) is 5.78 Å². The van der Waals surface area contributed by atoms with Crippen LogP contribution in [0.3, 0.4) is 0 Å². The van der Waals surface area contributed by atoms with Gasteiger partial charge in [-0.2, -0.15) is 0 Å². The summed E-state index contributed by atoms with van der Waals surface area (Å²) in [5.41, 5.74) is 2.36. The first kappa shape index (κ1) is 16.7. The molecule has 0 saturated heterocycles. The number of aromatic nitrogens is 2. The largest absolute Gasteiger partial charge is 0.340 e. The van der Waals surface area contributed by atoms with Crippen molar-refractivity contribution in [2.24, 2.45) is 0 Å². The lowest BCUT2D eigenvalue weighted by atomic mass is 10.1. The molecule has 0 unspecified atom stereocenters. The number of rotatable bonds is 4. The molecule has 4 nitrogen and oxygen atoms in total. The maximum absolute atomic E-state index is 11.4. The van der Waals surface area contributed by atoms with Crippen molar-refractivity contribution in [2.75, 3.05) is 5.32 Å². The van der Waals surface area contributed by atoms with Crippen LogP contribution in [-0.2, 0) is 0 Å². The molecule has 0 aliphatic heterocycles. The van der Waals surface area contributed by atoms with E-state index in [0.717, 1.165) is 21.5 Å². The number of carbonyl (C=O) groups is 1. The van der Waals surface area contributed by atoms with E-state index in [0.29, 0.717) is 22.2 Å². The minimum Gasteiger partial charge on any atom is -0.340 e. The molecule has 4 rings (SSSR count). The van der Waals surface area contributed by atoms with Crippen LogP contribution in [0.5, 0.6) is 0 Å². The number of benzene rings is 2. The van der Waals surface area contributed by atoms with Crippen LogP contribution >= 0.6 is 22.9 Å². The lowest BCUT2D eigenvalue weighted by molar-refractivity contribution is 0.101. The molecule has 4 aromatic rings. The molecule has 0 saturated carbocycles. The third-order valence-corrected chi connectivity index (χ3v) is 5.32. The van der Waals surface area contributed by atoms with E-state index in [1.54, 1.807) is 19.1 Å². The lowest BCUT2D eigenvalue weighted by Crippen LogP contribution is -1.99. The SMILES string of the molecule is CC(=O)c1ccc(Nc2nc(-c3sccc3Cl)nc3ccccc23)cc1. The zero-order valence-corrected chi connectivity index (χ0v) is 15.4. The molecular weight excluding hydrogens is 366 g/mol. The van der Waals surface area contributed by atoms with Crippen LogP contribution in [0, 0.1) is 0 Å². The highest BCUT2D eigenvalue weighted by atomic mass is 35.5. The topological polar surface area (TPSA) is 54.9 Å². The summed E-state index contributed by atoms with van der Waals surface area (Å²) >= 11 is 7.77. The fourth-order valence-electron chi connectivity index (χ4n) is 2.65. The minimum atomic E-state index is 0.0404. The summed E-state index contributed by atoms with van der Waals surface area (Å²) in [6, 6.07) is 17.0. The first-order chi connectivity index (χ1) is 12.6. The van der Waals surface area contributed by atoms with E-state index >= 15 is 0 Å². The smallest absolute Gasteiger partial charge is 0.173 e. The maximum atomic E-state index is 11.4. The van der Waals surface area contributed by atoms with Gasteiger partial charge in [-0.3, -0.25) is 4.79 Å². The maximum Gasteiger partial charge on any atom is 0.173 e. The summed E-state index contributed by atoms with van der Waals surface area (Å²) < 4.78 is 0. The molecule has 2 aromatic heterocycles. The molecule has 0 atom stereocenters. The van der Waals surface area contributed by atoms with Crippen molar-refractivity contribution in [2.45, 2.75) is 6.92 Å². The van der Waals surface area contributed by atoms with Gasteiger partial charge in [0.1, 0.15) is 5.82 Å². The molecule has 0 amide bonds. The Morgan fingerprint density at radius 2 is 1.81 bits per heavy atom. The molecule has 128 valence electrons. The third kappa shape index (κ3) is 3.19. The Labute approximate surface area is 159 Å². The number of nitrogens with zero attached hydrogens (tertiary/aromatic N) is 2. The van der Waals surface area contributed by atoms with Gasteiger partial charge in [-0.05, 0) is 54.8 Å². The number of anilines is 2. The van der Waals surface area contributed by atoms with E-state index in [9.17, 15) is 4.79 Å². The molecular formula is C20H14ClN3OS. The number of hydrogen-bond acceptors (Lipinski definition) is 5. The second-order valence-electron chi connectivity index (χ2n) is 5.77. The summed E-state index contributed by atoms with van der Waals surface area (Å²) in [5.74, 6) is 1.33. The second-order valence-corrected chi connectivity index (χ2v) is 7.09. The van der Waals surface area contributed by atoms with Crippen LogP contribution in [0.4, 0.5) is 11.5 Å². The summed E-state index contributed by atoms with van der Waals surface area (Å²) in [6.45, 7) is 1.55. The van der Waals surface area contributed by atoms with Crippen LogP contribution in [0.1, 0.15) is 17.3 Å². The highest BCUT2D eigenvalue weighted by Crippen LogP contribution is 2.34. The molecule has 2 heterocycles. The highest BCUT2D eigenvalue weighted by molar-refractivity contribution is 7.14. The van der Waals surface area contributed by atoms with Gasteiger partial charge in [-0.1, -0.05) is 23.7 Å². The molecule has 2 aromatic carbocycles. The standard InChI is InChI=1S/C20H14ClN3OS/c1-12(25)13-6-8-14(9-7-13)22-19-15-4-2-3-5-17(15)23-20(24-19)18-16(21)10-11-26-18/h2-11H,1H3,(H,22,23,24). The fraction of sp³-hybridized carbons (Fsp3) is 0.0500. The van der Waals surface area contributed by atoms with E-state index in [4.69, 9.17) is 16.6 Å². The third-order valence-electron chi connectivity index (χ3n) is 3.98. The molecule has 1 N–H and O–H groups in total. The van der Waals surface area contributed by atoms with E-state index in [2.05, 4.69) is 10.3 Å². The Kier molecular flexibility index (Phi) is 4.41. The highest BCUT2D eigenvalue weighted by Gasteiger charge is 2.13. The zero-order valence-electron chi connectivity index (χ0n) is 13.9. The first-order valence-electron chi connectivity index (χ1n) is 8.00. The average molecular weight is 380 g/mol. The van der Waals surface area contributed by atoms with E-state index < -0.39 is 0 Å². The van der Waals surface area contributed by atoms with Gasteiger partial charge < -0.3 is 5.32 Å². The van der Waals surface area contributed by atoms with Gasteiger partial charge in [-0.15, -0.1) is 11.3 Å². The van der Waals surface area contributed by atoms with Crippen molar-refractivity contribution >= 4 is 51.1 Å². The van der Waals surface area contributed by atoms with Gasteiger partial charge in [0.15, 0.2) is 11.6 Å². The fourth-order valence-corrected chi connectivity index (χ4v) is 3.73. The predicted molar refractivity (Wildman–Crippen MR) is 108 cm³/mol. The summed E-state index contributed by atoms with van der Waals surface area (Å²) in [5, 5.41) is 6.81. The van der Waals surface area contributed by atoms with Crippen LogP contribution in [-0.4, -0.2) is 15.8 Å². The number of carbonyl (C=O) groups excluding carboxylic acids is 1. The summed E-state index contributed by atoms with van der Waals surface area (Å²) in [4.78, 5) is 21.6. The average Bonchev–Trinajstić information content (AvgIpc) is 3.08. The molecule has 0 radical (unpaired) electrons. The monoisotopic (exact) mass is 379 g/mol. The summed E-state index contributed by atoms with van der Waals surface area (Å²) in [7, 11) is 0. The van der Waals surface area contributed by atoms with Crippen molar-refractivity contribution in [3.8, 4) is 10.7 Å². The van der Waals surface area contributed by atoms with Crippen LogP contribution in [0.15, 0.2) is 60.0 Å². The second kappa shape index (κ2) is 6.86. The molecule has 0 spiro atoms. The summed E-state index contributed by atoms with van der Waals surface area (Å²) in [6.07, 6.45) is 0. The van der Waals surface area contributed by atoms with Crippen LogP contribution in [0.25, 0.3) is 21.6 Å². The molecule has 0 bridgehead atoms. The molecule has 26 heavy (non-hydrogen) atoms. The Balaban J connectivity index is 1.80. The normalized spacial score (nSPS) is 10.8. The van der Waals surface area contributed by atoms with E-state index in [1.165, 1.54) is 11.3 Å². The number of halogens is 1. The number of hydrogen-bond donors (Lipinski definition) is 1. The number of fused-ring (bicyclic) bond motifs is 1. The van der Waals surface area contributed by atoms with Gasteiger partial charge in [0, 0.05) is 16.6 Å². The van der Waals surface area contributed by atoms with Gasteiger partial charge >= 0.3 is 0 Å². The van der Waals surface area contributed by atoms with Crippen molar-refractivity contribution in [3.05, 3.63) is 70.6 Å². The Morgan fingerprint density at radius 3 is 2.50 bits per heavy atom. The Hall–Kier alpha value is -2.76. The Bertz CT molecular complexity index is 1110. The number of thiophene rings is 1. The van der Waals surface area contributed by atoms with Crippen molar-refractivity contribution in [3.63, 3.8) is 0 Å². The molecule has 0 fully saturated rings. The van der Waals surface area contributed by atoms with E-state index in [1.807, 2.05) is 47.8 Å². The van der Waals surface area contributed by atoms with Crippen LogP contribution in [0.2, 0.25) is 5.02 Å². The predicted octanol–water partition coefficient (Wildman–Crippen LogP) is 5.96. The lowest BCUT2D eigenvalue weighted by Gasteiger charge is -2.11. The first-order valence-corrected chi connectivity index (χ1v) is 9.26. The number of ketones is 1. The van der Waals surface area contributed by atoms with Crippen molar-refractivity contribution in [1.29, 1.82) is 0 Å². The van der Waals surface area contributed by atoms with Crippen LogP contribution < -0.4 is 5.32 Å². The minimum absolute atomic E-state index is 0.0404. The molecule has 0 aliphatic rings. The van der Waals surface area contributed by atoms with Crippen molar-refractivity contribution in [1.82, 2.24) is 9.97 Å². The molecule has 6 heteroatoms.